The molecule has 0 aliphatic carbocycles. The van der Waals surface area contributed by atoms with Crippen LogP contribution in [0.5, 0.6) is 0 Å². The van der Waals surface area contributed by atoms with Crippen LogP contribution in [0.1, 0.15) is 39.0 Å². The van der Waals surface area contributed by atoms with Crippen LogP contribution in [-0.4, -0.2) is 28.4 Å². The molecule has 1 aromatic heterocycles. The summed E-state index contributed by atoms with van der Waals surface area (Å²) in [6, 6.07) is 3.60. The fraction of sp³-hybridized carbons (Fsp3) is 0.474. The van der Waals surface area contributed by atoms with Crippen molar-refractivity contribution < 1.29 is 18.0 Å². The number of oxazole rings is 1. The van der Waals surface area contributed by atoms with Crippen LogP contribution in [0.2, 0.25) is 0 Å². The van der Waals surface area contributed by atoms with E-state index in [2.05, 4.69) is 18.8 Å². The molecule has 1 atom stereocenters. The molecule has 0 spiro atoms. The van der Waals surface area contributed by atoms with Crippen LogP contribution in [0.15, 0.2) is 28.8 Å². The van der Waals surface area contributed by atoms with E-state index in [0.717, 1.165) is 25.5 Å². The Labute approximate surface area is 145 Å². The summed E-state index contributed by atoms with van der Waals surface area (Å²) in [6.45, 7) is 5.07. The maximum Gasteiger partial charge on any atom is 0.223 e. The van der Waals surface area contributed by atoms with Crippen LogP contribution in [0.25, 0.3) is 11.3 Å². The minimum Gasteiger partial charge on any atom is -0.441 e. The lowest BCUT2D eigenvalue weighted by Crippen LogP contribution is -2.38. The number of halogens is 2. The van der Waals surface area contributed by atoms with Crippen molar-refractivity contribution in [2.45, 2.75) is 45.6 Å². The van der Waals surface area contributed by atoms with Gasteiger partial charge in [0.15, 0.2) is 11.7 Å². The molecule has 0 bridgehead atoms. The van der Waals surface area contributed by atoms with Crippen molar-refractivity contribution in [3.8, 4) is 11.3 Å². The Kier molecular flexibility index (Phi) is 5.16. The lowest BCUT2D eigenvalue weighted by atomic mass is 10.0. The number of aromatic nitrogens is 1. The summed E-state index contributed by atoms with van der Waals surface area (Å²) < 4.78 is 32.3. The van der Waals surface area contributed by atoms with E-state index < -0.39 is 11.6 Å². The first-order chi connectivity index (χ1) is 12.0. The number of hydrogen-bond acceptors (Lipinski definition) is 3. The third-order valence-electron chi connectivity index (χ3n) is 4.69. The van der Waals surface area contributed by atoms with Gasteiger partial charge in [-0.1, -0.05) is 13.8 Å². The number of carbonyl (C=O) groups is 1. The first-order valence-electron chi connectivity index (χ1n) is 8.65. The summed E-state index contributed by atoms with van der Waals surface area (Å²) >= 11 is 0. The summed E-state index contributed by atoms with van der Waals surface area (Å²) in [5.41, 5.74) is 0.158. The molecule has 3 rings (SSSR count). The molecule has 6 heteroatoms. The van der Waals surface area contributed by atoms with E-state index in [1.54, 1.807) is 0 Å². The smallest absolute Gasteiger partial charge is 0.223 e. The molecule has 0 radical (unpaired) electrons. The zero-order valence-electron chi connectivity index (χ0n) is 14.5. The second kappa shape index (κ2) is 7.33. The lowest BCUT2D eigenvalue weighted by molar-refractivity contribution is -0.132. The fourth-order valence-electron chi connectivity index (χ4n) is 3.39. The van der Waals surface area contributed by atoms with Crippen LogP contribution in [0.3, 0.4) is 0 Å². The quantitative estimate of drug-likeness (QED) is 0.813. The Morgan fingerprint density at radius 3 is 2.92 bits per heavy atom. The Morgan fingerprint density at radius 2 is 2.20 bits per heavy atom. The van der Waals surface area contributed by atoms with Crippen molar-refractivity contribution in [1.29, 1.82) is 0 Å². The summed E-state index contributed by atoms with van der Waals surface area (Å²) in [4.78, 5) is 18.5. The van der Waals surface area contributed by atoms with Gasteiger partial charge in [0.1, 0.15) is 11.6 Å². The average Bonchev–Trinajstić information content (AvgIpc) is 3.22. The van der Waals surface area contributed by atoms with Crippen LogP contribution in [0, 0.1) is 17.6 Å². The number of likely N-dealkylation sites (tertiary alicyclic amines) is 1. The summed E-state index contributed by atoms with van der Waals surface area (Å²) in [5, 5.41) is 0. The summed E-state index contributed by atoms with van der Waals surface area (Å²) in [5.74, 6) is -0.175. The predicted octanol–water partition coefficient (Wildman–Crippen LogP) is 4.20. The van der Waals surface area contributed by atoms with Crippen LogP contribution in [-0.2, 0) is 11.2 Å². The van der Waals surface area contributed by atoms with Gasteiger partial charge in [0.25, 0.3) is 0 Å². The van der Waals surface area contributed by atoms with Crippen molar-refractivity contribution in [3.63, 3.8) is 0 Å². The molecule has 25 heavy (non-hydrogen) atoms. The lowest BCUT2D eigenvalue weighted by Gasteiger charge is -2.27. The topological polar surface area (TPSA) is 46.3 Å². The zero-order chi connectivity index (χ0) is 18.0. The molecule has 2 aromatic rings. The third kappa shape index (κ3) is 3.89. The molecule has 0 saturated carbocycles. The average molecular weight is 348 g/mol. The molecule has 0 N–H and O–H groups in total. The van der Waals surface area contributed by atoms with Gasteiger partial charge in [0.05, 0.1) is 11.8 Å². The molecule has 2 heterocycles. The van der Waals surface area contributed by atoms with E-state index in [4.69, 9.17) is 4.42 Å². The second-order valence-corrected chi connectivity index (χ2v) is 6.78. The van der Waals surface area contributed by atoms with Crippen LogP contribution >= 0.6 is 0 Å². The van der Waals surface area contributed by atoms with Gasteiger partial charge < -0.3 is 9.32 Å². The van der Waals surface area contributed by atoms with E-state index >= 15 is 0 Å². The van der Waals surface area contributed by atoms with Gasteiger partial charge in [-0.15, -0.1) is 0 Å². The van der Waals surface area contributed by atoms with E-state index in [0.29, 0.717) is 30.7 Å². The maximum atomic E-state index is 13.8. The molecule has 4 nitrogen and oxygen atoms in total. The van der Waals surface area contributed by atoms with Gasteiger partial charge in [-0.2, -0.15) is 0 Å². The molecule has 1 amide bonds. The standard InChI is InChI=1S/C19H22F2N2O2/c1-12(2)16-4-3-9-23(16)19(24)8-7-18-22-11-17(25-18)14-6-5-13(20)10-15(14)21/h5-6,10-12,16H,3-4,7-9H2,1-2H3/t16-/m0/s1. The normalized spacial score (nSPS) is 17.5. The third-order valence-corrected chi connectivity index (χ3v) is 4.69. The highest BCUT2D eigenvalue weighted by atomic mass is 19.1. The van der Waals surface area contributed by atoms with Crippen molar-refractivity contribution >= 4 is 5.91 Å². The molecule has 1 fully saturated rings. The maximum absolute atomic E-state index is 13.8. The minimum absolute atomic E-state index is 0.101. The number of hydrogen-bond donors (Lipinski definition) is 0. The van der Waals surface area contributed by atoms with Crippen molar-refractivity contribution in [2.24, 2.45) is 5.92 Å². The number of nitrogens with zero attached hydrogens (tertiary/aromatic N) is 2. The van der Waals surface area contributed by atoms with E-state index in [1.165, 1.54) is 18.3 Å². The summed E-state index contributed by atoms with van der Waals surface area (Å²) in [7, 11) is 0. The van der Waals surface area contributed by atoms with Crippen molar-refractivity contribution in [1.82, 2.24) is 9.88 Å². The summed E-state index contributed by atoms with van der Waals surface area (Å²) in [6.07, 6.45) is 4.18. The Morgan fingerprint density at radius 1 is 1.40 bits per heavy atom. The minimum atomic E-state index is -0.699. The molecule has 1 saturated heterocycles. The Balaban J connectivity index is 1.63. The number of carbonyl (C=O) groups excluding carboxylic acids is 1. The second-order valence-electron chi connectivity index (χ2n) is 6.78. The van der Waals surface area contributed by atoms with E-state index in [-0.39, 0.29) is 17.2 Å². The van der Waals surface area contributed by atoms with Gasteiger partial charge in [-0.05, 0) is 30.9 Å². The van der Waals surface area contributed by atoms with Crippen molar-refractivity contribution in [2.75, 3.05) is 6.54 Å². The highest BCUT2D eigenvalue weighted by Crippen LogP contribution is 2.26. The monoisotopic (exact) mass is 348 g/mol. The van der Waals surface area contributed by atoms with Gasteiger partial charge >= 0.3 is 0 Å². The molecule has 134 valence electrons. The van der Waals surface area contributed by atoms with Crippen LogP contribution < -0.4 is 0 Å². The first-order valence-corrected chi connectivity index (χ1v) is 8.65. The molecular formula is C19H22F2N2O2. The zero-order valence-corrected chi connectivity index (χ0v) is 14.5. The number of amides is 1. The van der Waals surface area contributed by atoms with Gasteiger partial charge in [0.2, 0.25) is 5.91 Å². The van der Waals surface area contributed by atoms with Crippen LogP contribution in [0.4, 0.5) is 8.78 Å². The van der Waals surface area contributed by atoms with Gasteiger partial charge in [0, 0.05) is 31.5 Å². The first kappa shape index (κ1) is 17.6. The van der Waals surface area contributed by atoms with E-state index in [1.807, 2.05) is 4.90 Å². The molecule has 0 unspecified atom stereocenters. The number of rotatable bonds is 5. The Hall–Kier alpha value is -2.24. The van der Waals surface area contributed by atoms with Gasteiger partial charge in [-0.25, -0.2) is 13.8 Å². The molecule has 1 aliphatic heterocycles. The molecular weight excluding hydrogens is 326 g/mol. The predicted molar refractivity (Wildman–Crippen MR) is 89.7 cm³/mol. The largest absolute Gasteiger partial charge is 0.441 e. The SMILES string of the molecule is CC(C)[C@@H]1CCCN1C(=O)CCc1ncc(-c2ccc(F)cc2F)o1. The molecule has 1 aliphatic rings. The number of aryl methyl sites for hydroxylation is 1. The van der Waals surface area contributed by atoms with Gasteiger partial charge in [-0.3, -0.25) is 4.79 Å². The highest BCUT2D eigenvalue weighted by molar-refractivity contribution is 5.77. The highest BCUT2D eigenvalue weighted by Gasteiger charge is 2.30. The number of benzene rings is 1. The van der Waals surface area contributed by atoms with Crippen molar-refractivity contribution in [3.05, 3.63) is 41.9 Å². The molecule has 1 aromatic carbocycles. The van der Waals surface area contributed by atoms with E-state index in [9.17, 15) is 13.6 Å². The Bertz CT molecular complexity index is 758. The fourth-order valence-corrected chi connectivity index (χ4v) is 3.39.